The predicted octanol–water partition coefficient (Wildman–Crippen LogP) is 2.50. The van der Waals surface area contributed by atoms with Gasteiger partial charge in [-0.3, -0.25) is 4.90 Å². The van der Waals surface area contributed by atoms with Crippen LogP contribution in [0, 0.1) is 6.92 Å². The van der Waals surface area contributed by atoms with E-state index in [-0.39, 0.29) is 0 Å². The first-order valence-electron chi connectivity index (χ1n) is 7.55. The number of nitrogens with zero attached hydrogens (tertiary/aromatic N) is 3. The number of aryl methyl sites for hydroxylation is 2. The van der Waals surface area contributed by atoms with Crippen LogP contribution >= 0.6 is 0 Å². The van der Waals surface area contributed by atoms with Crippen molar-refractivity contribution in [3.05, 3.63) is 41.9 Å². The first kappa shape index (κ1) is 14.4. The van der Waals surface area contributed by atoms with Gasteiger partial charge in [0, 0.05) is 32.9 Å². The zero-order valence-corrected chi connectivity index (χ0v) is 12.8. The predicted molar refractivity (Wildman–Crippen MR) is 79.7 cm³/mol. The third-order valence-electron chi connectivity index (χ3n) is 3.96. The van der Waals surface area contributed by atoms with E-state index in [0.29, 0.717) is 6.10 Å². The SMILES string of the molecule is Cc1ccc(CN(Cc2cncn2C)CC2CCCO2)o1. The summed E-state index contributed by atoms with van der Waals surface area (Å²) >= 11 is 0. The Morgan fingerprint density at radius 3 is 2.90 bits per heavy atom. The number of hydrogen-bond donors (Lipinski definition) is 0. The highest BCUT2D eigenvalue weighted by Gasteiger charge is 2.21. The lowest BCUT2D eigenvalue weighted by Crippen LogP contribution is -2.32. The molecule has 0 aliphatic carbocycles. The highest BCUT2D eigenvalue weighted by Crippen LogP contribution is 2.18. The van der Waals surface area contributed by atoms with Crippen molar-refractivity contribution in [1.82, 2.24) is 14.5 Å². The molecule has 0 saturated carbocycles. The van der Waals surface area contributed by atoms with Crippen LogP contribution in [0.2, 0.25) is 0 Å². The average Bonchev–Trinajstić information content (AvgIpc) is 3.16. The van der Waals surface area contributed by atoms with Crippen LogP contribution in [-0.4, -0.2) is 33.7 Å². The van der Waals surface area contributed by atoms with Gasteiger partial charge in [0.25, 0.3) is 0 Å². The number of ether oxygens (including phenoxy) is 1. The van der Waals surface area contributed by atoms with E-state index in [1.165, 1.54) is 12.1 Å². The fourth-order valence-corrected chi connectivity index (χ4v) is 2.82. The van der Waals surface area contributed by atoms with E-state index in [4.69, 9.17) is 9.15 Å². The van der Waals surface area contributed by atoms with Crippen molar-refractivity contribution in [1.29, 1.82) is 0 Å². The molecule has 1 atom stereocenters. The summed E-state index contributed by atoms with van der Waals surface area (Å²) in [6.45, 7) is 5.47. The Morgan fingerprint density at radius 2 is 2.29 bits per heavy atom. The van der Waals surface area contributed by atoms with Gasteiger partial charge in [0.15, 0.2) is 0 Å². The normalized spacial score (nSPS) is 18.7. The van der Waals surface area contributed by atoms with Gasteiger partial charge in [0.2, 0.25) is 0 Å². The molecule has 0 bridgehead atoms. The molecule has 0 N–H and O–H groups in total. The van der Waals surface area contributed by atoms with E-state index in [1.807, 2.05) is 32.6 Å². The monoisotopic (exact) mass is 289 g/mol. The van der Waals surface area contributed by atoms with Crippen LogP contribution in [0.5, 0.6) is 0 Å². The fraction of sp³-hybridized carbons (Fsp3) is 0.562. The second kappa shape index (κ2) is 6.45. The molecule has 5 nitrogen and oxygen atoms in total. The van der Waals surface area contributed by atoms with Crippen LogP contribution in [0.15, 0.2) is 29.1 Å². The second-order valence-electron chi connectivity index (χ2n) is 5.81. The lowest BCUT2D eigenvalue weighted by Gasteiger charge is -2.24. The Labute approximate surface area is 125 Å². The summed E-state index contributed by atoms with van der Waals surface area (Å²) < 4.78 is 13.6. The summed E-state index contributed by atoms with van der Waals surface area (Å²) in [5.74, 6) is 1.97. The molecule has 1 unspecified atom stereocenters. The quantitative estimate of drug-likeness (QED) is 0.819. The molecular weight excluding hydrogens is 266 g/mol. The smallest absolute Gasteiger partial charge is 0.118 e. The minimum absolute atomic E-state index is 0.342. The van der Waals surface area contributed by atoms with Crippen LogP contribution < -0.4 is 0 Å². The van der Waals surface area contributed by atoms with Crippen LogP contribution in [-0.2, 0) is 24.9 Å². The van der Waals surface area contributed by atoms with Crippen molar-refractivity contribution >= 4 is 0 Å². The van der Waals surface area contributed by atoms with E-state index in [0.717, 1.165) is 44.2 Å². The number of aromatic nitrogens is 2. The van der Waals surface area contributed by atoms with Gasteiger partial charge in [-0.1, -0.05) is 0 Å². The molecule has 0 spiro atoms. The number of hydrogen-bond acceptors (Lipinski definition) is 4. The number of rotatable bonds is 6. The Bertz CT molecular complexity index is 570. The Hall–Kier alpha value is -1.59. The molecular formula is C16H23N3O2. The lowest BCUT2D eigenvalue weighted by atomic mass is 10.2. The topological polar surface area (TPSA) is 43.4 Å². The highest BCUT2D eigenvalue weighted by molar-refractivity contribution is 5.06. The summed E-state index contributed by atoms with van der Waals surface area (Å²) in [4.78, 5) is 6.58. The van der Waals surface area contributed by atoms with Gasteiger partial charge in [-0.15, -0.1) is 0 Å². The Kier molecular flexibility index (Phi) is 4.41. The summed E-state index contributed by atoms with van der Waals surface area (Å²) in [5, 5.41) is 0. The van der Waals surface area contributed by atoms with Crippen molar-refractivity contribution in [2.24, 2.45) is 7.05 Å². The Balaban J connectivity index is 1.68. The largest absolute Gasteiger partial charge is 0.465 e. The van der Waals surface area contributed by atoms with Gasteiger partial charge in [0.1, 0.15) is 11.5 Å². The van der Waals surface area contributed by atoms with Crippen LogP contribution in [0.1, 0.15) is 30.1 Å². The van der Waals surface area contributed by atoms with Gasteiger partial charge < -0.3 is 13.7 Å². The second-order valence-corrected chi connectivity index (χ2v) is 5.81. The van der Waals surface area contributed by atoms with Crippen molar-refractivity contribution < 1.29 is 9.15 Å². The molecule has 1 saturated heterocycles. The summed E-state index contributed by atoms with van der Waals surface area (Å²) in [5.41, 5.74) is 1.20. The van der Waals surface area contributed by atoms with Gasteiger partial charge in [-0.25, -0.2) is 4.98 Å². The van der Waals surface area contributed by atoms with Gasteiger partial charge in [-0.2, -0.15) is 0 Å². The van der Waals surface area contributed by atoms with E-state index in [1.54, 1.807) is 0 Å². The maximum Gasteiger partial charge on any atom is 0.118 e. The minimum atomic E-state index is 0.342. The molecule has 0 amide bonds. The lowest BCUT2D eigenvalue weighted by molar-refractivity contribution is 0.0646. The molecule has 21 heavy (non-hydrogen) atoms. The van der Waals surface area contributed by atoms with E-state index < -0.39 is 0 Å². The van der Waals surface area contributed by atoms with Crippen molar-refractivity contribution in [2.75, 3.05) is 13.2 Å². The molecule has 114 valence electrons. The van der Waals surface area contributed by atoms with E-state index in [9.17, 15) is 0 Å². The molecule has 1 fully saturated rings. The molecule has 5 heteroatoms. The minimum Gasteiger partial charge on any atom is -0.465 e. The molecule has 2 aromatic heterocycles. The number of imidazole rings is 1. The van der Waals surface area contributed by atoms with Crippen LogP contribution in [0.3, 0.4) is 0 Å². The molecule has 3 heterocycles. The molecule has 1 aliphatic rings. The van der Waals surface area contributed by atoms with Crippen LogP contribution in [0.25, 0.3) is 0 Å². The summed E-state index contributed by atoms with van der Waals surface area (Å²) in [6.07, 6.45) is 6.43. The zero-order valence-electron chi connectivity index (χ0n) is 12.8. The third-order valence-corrected chi connectivity index (χ3v) is 3.96. The first-order valence-corrected chi connectivity index (χ1v) is 7.55. The van der Waals surface area contributed by atoms with Crippen molar-refractivity contribution in [3.8, 4) is 0 Å². The van der Waals surface area contributed by atoms with E-state index in [2.05, 4.69) is 20.5 Å². The molecule has 3 rings (SSSR count). The van der Waals surface area contributed by atoms with Crippen molar-refractivity contribution in [3.63, 3.8) is 0 Å². The fourth-order valence-electron chi connectivity index (χ4n) is 2.82. The Morgan fingerprint density at radius 1 is 1.38 bits per heavy atom. The van der Waals surface area contributed by atoms with E-state index >= 15 is 0 Å². The van der Waals surface area contributed by atoms with Gasteiger partial charge in [0.05, 0.1) is 24.7 Å². The molecule has 2 aromatic rings. The third kappa shape index (κ3) is 3.74. The van der Waals surface area contributed by atoms with Crippen LogP contribution in [0.4, 0.5) is 0 Å². The first-order chi connectivity index (χ1) is 10.2. The summed E-state index contributed by atoms with van der Waals surface area (Å²) in [7, 11) is 2.03. The van der Waals surface area contributed by atoms with Gasteiger partial charge >= 0.3 is 0 Å². The molecule has 1 aliphatic heterocycles. The van der Waals surface area contributed by atoms with Crippen molar-refractivity contribution in [2.45, 2.75) is 39.0 Å². The average molecular weight is 289 g/mol. The zero-order chi connectivity index (χ0) is 14.7. The standard InChI is InChI=1S/C16H23N3O2/c1-13-5-6-16(21-13)11-19(10-15-4-3-7-20-15)9-14-8-17-12-18(14)2/h5-6,8,12,15H,3-4,7,9-11H2,1-2H3. The highest BCUT2D eigenvalue weighted by atomic mass is 16.5. The maximum absolute atomic E-state index is 5.78. The molecule has 0 aromatic carbocycles. The summed E-state index contributed by atoms with van der Waals surface area (Å²) in [6, 6.07) is 4.07. The molecule has 0 radical (unpaired) electrons. The number of furan rings is 1. The maximum atomic E-state index is 5.78. The van der Waals surface area contributed by atoms with Gasteiger partial charge in [-0.05, 0) is 31.9 Å².